The second kappa shape index (κ2) is 6.01. The minimum Gasteiger partial charge on any atom is -0.329 e. The number of rotatable bonds is 5. The number of nitrogens with one attached hydrogen (secondary N) is 1. The average Bonchev–Trinajstić information content (AvgIpc) is 2.20. The quantitative estimate of drug-likeness (QED) is 0.567. The summed E-state index contributed by atoms with van der Waals surface area (Å²) in [5.74, 6) is 0. The van der Waals surface area contributed by atoms with E-state index in [4.69, 9.17) is 5.73 Å². The van der Waals surface area contributed by atoms with Crippen LogP contribution in [0, 0.1) is 6.92 Å². The van der Waals surface area contributed by atoms with Crippen LogP contribution in [0.25, 0.3) is 0 Å². The van der Waals surface area contributed by atoms with E-state index in [2.05, 4.69) is 23.3 Å². The summed E-state index contributed by atoms with van der Waals surface area (Å²) in [6.07, 6.45) is 3.97. The molecule has 0 aliphatic carbocycles. The van der Waals surface area contributed by atoms with Crippen molar-refractivity contribution in [2.24, 2.45) is 5.73 Å². The molecule has 1 rings (SSSR count). The molecular weight excluding hydrogens is 194 g/mol. The van der Waals surface area contributed by atoms with Crippen molar-refractivity contribution in [3.05, 3.63) is 23.4 Å². The largest absolute Gasteiger partial charge is 0.329 e. The molecule has 0 fully saturated rings. The first-order valence-corrected chi connectivity index (χ1v) is 5.90. The second-order valence-corrected chi connectivity index (χ2v) is 3.95. The van der Waals surface area contributed by atoms with Crippen LogP contribution < -0.4 is 11.1 Å². The molecule has 0 aliphatic heterocycles. The molecule has 3 nitrogen and oxygen atoms in total. The van der Waals surface area contributed by atoms with E-state index in [-0.39, 0.29) is 0 Å². The standard InChI is InChI=1S/C10H17N3S/c1-8-5-10(14-2)13-7-9(8)6-12-4-3-11/h5,7,12H,3-4,6,11H2,1-2H3. The number of thioether (sulfide) groups is 1. The van der Waals surface area contributed by atoms with Gasteiger partial charge in [0.25, 0.3) is 0 Å². The molecule has 0 amide bonds. The van der Waals surface area contributed by atoms with Crippen LogP contribution in [0.15, 0.2) is 17.3 Å². The Hall–Kier alpha value is -0.580. The van der Waals surface area contributed by atoms with Crippen LogP contribution in [0.2, 0.25) is 0 Å². The minimum atomic E-state index is 0.676. The molecule has 14 heavy (non-hydrogen) atoms. The molecule has 0 saturated heterocycles. The Morgan fingerprint density at radius 1 is 1.57 bits per heavy atom. The van der Waals surface area contributed by atoms with Crippen LogP contribution in [-0.2, 0) is 6.54 Å². The summed E-state index contributed by atoms with van der Waals surface area (Å²) in [5, 5.41) is 4.33. The van der Waals surface area contributed by atoms with E-state index in [0.29, 0.717) is 6.54 Å². The number of hydrogen-bond acceptors (Lipinski definition) is 4. The fraction of sp³-hybridized carbons (Fsp3) is 0.500. The van der Waals surface area contributed by atoms with Crippen molar-refractivity contribution in [3.8, 4) is 0 Å². The molecule has 0 aromatic carbocycles. The van der Waals surface area contributed by atoms with Crippen molar-refractivity contribution < 1.29 is 0 Å². The minimum absolute atomic E-state index is 0.676. The van der Waals surface area contributed by atoms with Crippen molar-refractivity contribution in [3.63, 3.8) is 0 Å². The lowest BCUT2D eigenvalue weighted by Gasteiger charge is -2.07. The summed E-state index contributed by atoms with van der Waals surface area (Å²) >= 11 is 1.67. The predicted molar refractivity (Wildman–Crippen MR) is 61.5 cm³/mol. The zero-order valence-corrected chi connectivity index (χ0v) is 9.53. The van der Waals surface area contributed by atoms with Gasteiger partial charge in [0, 0.05) is 25.8 Å². The number of hydrogen-bond donors (Lipinski definition) is 2. The van der Waals surface area contributed by atoms with E-state index in [9.17, 15) is 0 Å². The smallest absolute Gasteiger partial charge is 0.0959 e. The third-order valence-corrected chi connectivity index (χ3v) is 2.68. The van der Waals surface area contributed by atoms with Crippen molar-refractivity contribution in [1.29, 1.82) is 0 Å². The molecule has 1 aromatic heterocycles. The highest BCUT2D eigenvalue weighted by molar-refractivity contribution is 7.98. The van der Waals surface area contributed by atoms with Crippen molar-refractivity contribution in [1.82, 2.24) is 10.3 Å². The summed E-state index contributed by atoms with van der Waals surface area (Å²) in [7, 11) is 0. The van der Waals surface area contributed by atoms with E-state index in [1.54, 1.807) is 11.8 Å². The van der Waals surface area contributed by atoms with Gasteiger partial charge in [0.15, 0.2) is 0 Å². The zero-order valence-electron chi connectivity index (χ0n) is 8.71. The van der Waals surface area contributed by atoms with Gasteiger partial charge in [0.1, 0.15) is 0 Å². The maximum atomic E-state index is 5.39. The summed E-state index contributed by atoms with van der Waals surface area (Å²) in [5.41, 5.74) is 7.93. The van der Waals surface area contributed by atoms with E-state index in [1.807, 2.05) is 12.5 Å². The molecule has 0 radical (unpaired) electrons. The Labute approximate surface area is 89.5 Å². The Balaban J connectivity index is 2.59. The third kappa shape index (κ3) is 3.29. The summed E-state index contributed by atoms with van der Waals surface area (Å²) in [6.45, 7) is 4.49. The molecule has 1 aromatic rings. The van der Waals surface area contributed by atoms with Crippen LogP contribution in [0.4, 0.5) is 0 Å². The van der Waals surface area contributed by atoms with E-state index in [1.165, 1.54) is 11.1 Å². The first kappa shape index (κ1) is 11.5. The zero-order chi connectivity index (χ0) is 10.4. The lowest BCUT2D eigenvalue weighted by molar-refractivity contribution is 0.689. The molecule has 0 aliphatic rings. The highest BCUT2D eigenvalue weighted by Crippen LogP contribution is 2.15. The fourth-order valence-corrected chi connectivity index (χ4v) is 1.63. The van der Waals surface area contributed by atoms with Crippen LogP contribution in [0.3, 0.4) is 0 Å². The molecule has 4 heteroatoms. The normalized spacial score (nSPS) is 10.5. The van der Waals surface area contributed by atoms with Gasteiger partial charge >= 0.3 is 0 Å². The topological polar surface area (TPSA) is 50.9 Å². The van der Waals surface area contributed by atoms with Crippen molar-refractivity contribution >= 4 is 11.8 Å². The molecule has 3 N–H and O–H groups in total. The van der Waals surface area contributed by atoms with Crippen molar-refractivity contribution in [2.75, 3.05) is 19.3 Å². The SMILES string of the molecule is CSc1cc(C)c(CNCCN)cn1. The Morgan fingerprint density at radius 2 is 2.36 bits per heavy atom. The van der Waals surface area contributed by atoms with E-state index < -0.39 is 0 Å². The molecule has 0 saturated carbocycles. The van der Waals surface area contributed by atoms with Gasteiger partial charge in [-0.25, -0.2) is 4.98 Å². The molecular formula is C10H17N3S. The van der Waals surface area contributed by atoms with Gasteiger partial charge < -0.3 is 11.1 Å². The first-order valence-electron chi connectivity index (χ1n) is 4.68. The van der Waals surface area contributed by atoms with Gasteiger partial charge in [-0.1, -0.05) is 0 Å². The number of aryl methyl sites for hydroxylation is 1. The van der Waals surface area contributed by atoms with Crippen LogP contribution >= 0.6 is 11.8 Å². The second-order valence-electron chi connectivity index (χ2n) is 3.12. The number of aromatic nitrogens is 1. The van der Waals surface area contributed by atoms with Gasteiger partial charge in [-0.2, -0.15) is 0 Å². The van der Waals surface area contributed by atoms with Crippen molar-refractivity contribution in [2.45, 2.75) is 18.5 Å². The Kier molecular flexibility index (Phi) is 4.93. The molecule has 0 unspecified atom stereocenters. The highest BCUT2D eigenvalue weighted by atomic mass is 32.2. The maximum absolute atomic E-state index is 5.39. The average molecular weight is 211 g/mol. The Morgan fingerprint density at radius 3 is 2.93 bits per heavy atom. The summed E-state index contributed by atoms with van der Waals surface area (Å²) < 4.78 is 0. The third-order valence-electron chi connectivity index (χ3n) is 2.04. The monoisotopic (exact) mass is 211 g/mol. The van der Waals surface area contributed by atoms with Gasteiger partial charge in [-0.05, 0) is 30.4 Å². The number of nitrogens with zero attached hydrogens (tertiary/aromatic N) is 1. The lowest BCUT2D eigenvalue weighted by Crippen LogP contribution is -2.22. The van der Waals surface area contributed by atoms with Gasteiger partial charge in [-0.15, -0.1) is 11.8 Å². The molecule has 0 atom stereocenters. The van der Waals surface area contributed by atoms with Gasteiger partial charge in [0.2, 0.25) is 0 Å². The first-order chi connectivity index (χ1) is 6.77. The number of pyridine rings is 1. The predicted octanol–water partition coefficient (Wildman–Crippen LogP) is 1.16. The van der Waals surface area contributed by atoms with Crippen LogP contribution in [-0.4, -0.2) is 24.3 Å². The molecule has 1 heterocycles. The van der Waals surface area contributed by atoms with E-state index in [0.717, 1.165) is 18.1 Å². The molecule has 78 valence electrons. The van der Waals surface area contributed by atoms with Gasteiger partial charge in [0.05, 0.1) is 5.03 Å². The van der Waals surface area contributed by atoms with Crippen LogP contribution in [0.1, 0.15) is 11.1 Å². The van der Waals surface area contributed by atoms with E-state index >= 15 is 0 Å². The summed E-state index contributed by atoms with van der Waals surface area (Å²) in [6, 6.07) is 2.12. The fourth-order valence-electron chi connectivity index (χ4n) is 1.18. The Bertz CT molecular complexity index is 289. The lowest BCUT2D eigenvalue weighted by atomic mass is 10.1. The molecule has 0 spiro atoms. The van der Waals surface area contributed by atoms with Gasteiger partial charge in [-0.3, -0.25) is 0 Å². The highest BCUT2D eigenvalue weighted by Gasteiger charge is 1.99. The maximum Gasteiger partial charge on any atom is 0.0959 e. The summed E-state index contributed by atoms with van der Waals surface area (Å²) in [4.78, 5) is 4.33. The van der Waals surface area contributed by atoms with Crippen LogP contribution in [0.5, 0.6) is 0 Å². The number of nitrogens with two attached hydrogens (primary N) is 1. The molecule has 0 bridgehead atoms.